The monoisotopic (exact) mass is 413 g/mol. The number of pyridine rings is 1. The van der Waals surface area contributed by atoms with Gasteiger partial charge >= 0.3 is 0 Å². The zero-order valence-corrected chi connectivity index (χ0v) is 17.2. The minimum absolute atomic E-state index is 0.200. The Morgan fingerprint density at radius 2 is 1.48 bits per heavy atom. The van der Waals surface area contributed by atoms with Crippen LogP contribution in [0, 0.1) is 0 Å². The number of aromatic nitrogens is 1. The number of carbonyl (C=O) groups excluding carboxylic acids is 1. The van der Waals surface area contributed by atoms with Gasteiger partial charge in [0.25, 0.3) is 0 Å². The van der Waals surface area contributed by atoms with Crippen LogP contribution < -0.4 is 18.9 Å². The Hall–Kier alpha value is -3.25. The summed E-state index contributed by atoms with van der Waals surface area (Å²) in [6, 6.07) is 10.4. The van der Waals surface area contributed by atoms with Crippen LogP contribution in [0.15, 0.2) is 42.5 Å². The van der Waals surface area contributed by atoms with Crippen molar-refractivity contribution in [2.45, 2.75) is 0 Å². The van der Waals surface area contributed by atoms with Gasteiger partial charge in [0.05, 0.1) is 34.0 Å². The molecule has 150 valence electrons. The van der Waals surface area contributed by atoms with Crippen molar-refractivity contribution in [3.05, 3.63) is 58.8 Å². The van der Waals surface area contributed by atoms with Crippen molar-refractivity contribution < 1.29 is 23.7 Å². The predicted molar refractivity (Wildman–Crippen MR) is 113 cm³/mol. The molecular formula is C22H20ClNO5. The quantitative estimate of drug-likeness (QED) is 0.314. The van der Waals surface area contributed by atoms with Gasteiger partial charge in [-0.25, -0.2) is 4.98 Å². The maximum Gasteiger partial charge on any atom is 0.185 e. The van der Waals surface area contributed by atoms with E-state index < -0.39 is 0 Å². The summed E-state index contributed by atoms with van der Waals surface area (Å²) in [5.74, 6) is 1.99. The number of hydrogen-bond acceptors (Lipinski definition) is 6. The molecule has 0 aliphatic heterocycles. The van der Waals surface area contributed by atoms with Crippen molar-refractivity contribution >= 4 is 34.4 Å². The van der Waals surface area contributed by atoms with E-state index in [9.17, 15) is 4.79 Å². The highest BCUT2D eigenvalue weighted by atomic mass is 35.5. The number of fused-ring (bicyclic) bond motifs is 1. The van der Waals surface area contributed by atoms with E-state index in [-0.39, 0.29) is 10.9 Å². The van der Waals surface area contributed by atoms with Crippen LogP contribution in [0.2, 0.25) is 5.15 Å². The van der Waals surface area contributed by atoms with Crippen molar-refractivity contribution in [1.82, 2.24) is 4.98 Å². The molecular weight excluding hydrogens is 394 g/mol. The number of allylic oxidation sites excluding steroid dienone is 1. The Bertz CT molecular complexity index is 1090. The Labute approximate surface area is 173 Å². The van der Waals surface area contributed by atoms with Gasteiger partial charge in [-0.3, -0.25) is 4.79 Å². The number of ketones is 1. The van der Waals surface area contributed by atoms with E-state index in [0.29, 0.717) is 39.6 Å². The fourth-order valence-corrected chi connectivity index (χ4v) is 3.07. The molecule has 6 nitrogen and oxygen atoms in total. The smallest absolute Gasteiger partial charge is 0.185 e. The molecule has 3 aromatic rings. The molecule has 0 unspecified atom stereocenters. The van der Waals surface area contributed by atoms with Gasteiger partial charge in [-0.05, 0) is 42.5 Å². The summed E-state index contributed by atoms with van der Waals surface area (Å²) >= 11 is 6.31. The van der Waals surface area contributed by atoms with Gasteiger partial charge in [-0.15, -0.1) is 0 Å². The first-order valence-electron chi connectivity index (χ1n) is 8.67. The molecule has 0 saturated heterocycles. The van der Waals surface area contributed by atoms with Crippen LogP contribution in [-0.4, -0.2) is 39.2 Å². The van der Waals surface area contributed by atoms with Gasteiger partial charge < -0.3 is 18.9 Å². The van der Waals surface area contributed by atoms with Crippen LogP contribution in [-0.2, 0) is 0 Å². The van der Waals surface area contributed by atoms with Gasteiger partial charge in [0.1, 0.15) is 5.15 Å². The predicted octanol–water partition coefficient (Wildman–Crippen LogP) is 4.82. The highest BCUT2D eigenvalue weighted by molar-refractivity contribution is 6.31. The van der Waals surface area contributed by atoms with E-state index in [1.807, 2.05) is 12.1 Å². The lowest BCUT2D eigenvalue weighted by Gasteiger charge is -2.10. The van der Waals surface area contributed by atoms with Gasteiger partial charge in [-0.2, -0.15) is 0 Å². The first-order valence-corrected chi connectivity index (χ1v) is 9.05. The fourth-order valence-electron chi connectivity index (χ4n) is 2.86. The van der Waals surface area contributed by atoms with Crippen molar-refractivity contribution in [3.63, 3.8) is 0 Å². The summed E-state index contributed by atoms with van der Waals surface area (Å²) in [5.41, 5.74) is 1.74. The van der Waals surface area contributed by atoms with Crippen LogP contribution in [0.1, 0.15) is 15.9 Å². The van der Waals surface area contributed by atoms with E-state index in [2.05, 4.69) is 4.98 Å². The molecule has 1 aromatic heterocycles. The van der Waals surface area contributed by atoms with Crippen molar-refractivity contribution in [2.75, 3.05) is 28.4 Å². The molecule has 0 N–H and O–H groups in total. The number of ether oxygens (including phenoxy) is 4. The maximum absolute atomic E-state index is 12.6. The Balaban J connectivity index is 1.93. The number of rotatable bonds is 7. The van der Waals surface area contributed by atoms with Crippen LogP contribution in [0.5, 0.6) is 23.0 Å². The molecule has 0 amide bonds. The third-order valence-electron chi connectivity index (χ3n) is 4.38. The summed E-state index contributed by atoms with van der Waals surface area (Å²) in [7, 11) is 6.18. The van der Waals surface area contributed by atoms with Gasteiger partial charge in [0.2, 0.25) is 0 Å². The molecule has 0 spiro atoms. The van der Waals surface area contributed by atoms with E-state index in [0.717, 1.165) is 5.39 Å². The normalized spacial score (nSPS) is 10.9. The second-order valence-corrected chi connectivity index (χ2v) is 6.39. The lowest BCUT2D eigenvalue weighted by molar-refractivity contribution is 0.104. The average Bonchev–Trinajstić information content (AvgIpc) is 2.75. The van der Waals surface area contributed by atoms with Crippen LogP contribution in [0.4, 0.5) is 0 Å². The summed E-state index contributed by atoms with van der Waals surface area (Å²) in [6.45, 7) is 0. The molecule has 1 heterocycles. The van der Waals surface area contributed by atoms with Crippen molar-refractivity contribution in [3.8, 4) is 23.0 Å². The topological polar surface area (TPSA) is 66.9 Å². The molecule has 2 aromatic carbocycles. The van der Waals surface area contributed by atoms with Gasteiger partial charge in [0.15, 0.2) is 28.8 Å². The number of methoxy groups -OCH3 is 4. The van der Waals surface area contributed by atoms with E-state index in [1.54, 1.807) is 51.7 Å². The summed E-state index contributed by atoms with van der Waals surface area (Å²) in [6.07, 6.45) is 3.07. The third-order valence-corrected chi connectivity index (χ3v) is 4.69. The lowest BCUT2D eigenvalue weighted by atomic mass is 10.1. The fraction of sp³-hybridized carbons (Fsp3) is 0.182. The van der Waals surface area contributed by atoms with E-state index in [1.165, 1.54) is 13.2 Å². The van der Waals surface area contributed by atoms with E-state index in [4.69, 9.17) is 30.5 Å². The van der Waals surface area contributed by atoms with Crippen LogP contribution in [0.25, 0.3) is 17.0 Å². The molecule has 0 aliphatic carbocycles. The van der Waals surface area contributed by atoms with Crippen LogP contribution in [0.3, 0.4) is 0 Å². The van der Waals surface area contributed by atoms with Crippen molar-refractivity contribution in [1.29, 1.82) is 0 Å². The summed E-state index contributed by atoms with van der Waals surface area (Å²) in [5, 5.41) is 1.09. The average molecular weight is 414 g/mol. The minimum Gasteiger partial charge on any atom is -0.493 e. The Morgan fingerprint density at radius 1 is 0.862 bits per heavy atom. The van der Waals surface area contributed by atoms with Crippen molar-refractivity contribution in [2.24, 2.45) is 0 Å². The number of carbonyl (C=O) groups is 1. The largest absolute Gasteiger partial charge is 0.493 e. The van der Waals surface area contributed by atoms with Gasteiger partial charge in [0, 0.05) is 22.6 Å². The molecule has 0 fully saturated rings. The number of nitrogens with zero attached hydrogens (tertiary/aromatic N) is 1. The van der Waals surface area contributed by atoms with E-state index >= 15 is 0 Å². The second kappa shape index (κ2) is 8.84. The molecule has 0 aliphatic rings. The second-order valence-electron chi connectivity index (χ2n) is 6.04. The molecule has 0 saturated carbocycles. The molecule has 7 heteroatoms. The zero-order chi connectivity index (χ0) is 21.0. The highest BCUT2D eigenvalue weighted by Crippen LogP contribution is 2.33. The summed E-state index contributed by atoms with van der Waals surface area (Å²) < 4.78 is 21.1. The SMILES string of the molecule is COc1ccc(C(=O)/C=C\c2cc3cc(OC)c(OC)cc3nc2Cl)cc1OC. The molecule has 0 atom stereocenters. The number of halogens is 1. The number of benzene rings is 2. The third kappa shape index (κ3) is 4.27. The first-order chi connectivity index (χ1) is 14.0. The Kier molecular flexibility index (Phi) is 6.24. The first kappa shape index (κ1) is 20.5. The molecule has 0 bridgehead atoms. The zero-order valence-electron chi connectivity index (χ0n) is 16.5. The molecule has 29 heavy (non-hydrogen) atoms. The maximum atomic E-state index is 12.6. The highest BCUT2D eigenvalue weighted by Gasteiger charge is 2.11. The standard InChI is InChI=1S/C22H20ClNO5/c1-26-18-8-6-13(10-19(18)27-2)17(25)7-5-14-9-15-11-20(28-3)21(29-4)12-16(15)24-22(14)23/h5-12H,1-4H3/b7-5-. The lowest BCUT2D eigenvalue weighted by Crippen LogP contribution is -1.97. The minimum atomic E-state index is -0.200. The molecule has 3 rings (SSSR count). The van der Waals surface area contributed by atoms with Crippen LogP contribution >= 0.6 is 11.6 Å². The molecule has 0 radical (unpaired) electrons. The van der Waals surface area contributed by atoms with Gasteiger partial charge in [-0.1, -0.05) is 11.6 Å². The number of hydrogen-bond donors (Lipinski definition) is 0. The summed E-state index contributed by atoms with van der Waals surface area (Å²) in [4.78, 5) is 17.0. The Morgan fingerprint density at radius 3 is 2.14 bits per heavy atom.